The zero-order chi connectivity index (χ0) is 23.7. The van der Waals surface area contributed by atoms with Crippen molar-refractivity contribution in [3.63, 3.8) is 0 Å². The minimum Gasteiger partial charge on any atom is -0.497 e. The standard InChI is InChI=1S/C29H31NO4/c1-18-26(29(32)34-22-12-6-7-13-22)27(20-11-8-14-23(15-20)33-2)28-24(30-18)16-21(17-25(28)31)19-9-4-3-5-10-19/h3-5,8-11,14-15,21-22,27,30H,6-7,12-13,16-17H2,1-2H3/t21-,27-/m1/s1. The van der Waals surface area contributed by atoms with Crippen LogP contribution in [-0.2, 0) is 14.3 Å². The highest BCUT2D eigenvalue weighted by atomic mass is 16.5. The first-order valence-electron chi connectivity index (χ1n) is 12.2. The third-order valence-electron chi connectivity index (χ3n) is 7.32. The summed E-state index contributed by atoms with van der Waals surface area (Å²) < 4.78 is 11.4. The van der Waals surface area contributed by atoms with Gasteiger partial charge in [-0.2, -0.15) is 0 Å². The van der Waals surface area contributed by atoms with Crippen molar-refractivity contribution in [2.75, 3.05) is 7.11 Å². The Hall–Kier alpha value is -3.34. The molecule has 0 aromatic heterocycles. The van der Waals surface area contributed by atoms with Crippen LogP contribution in [0.1, 0.15) is 68.4 Å². The number of carbonyl (C=O) groups is 2. The lowest BCUT2D eigenvalue weighted by Gasteiger charge is -2.37. The van der Waals surface area contributed by atoms with E-state index in [4.69, 9.17) is 9.47 Å². The summed E-state index contributed by atoms with van der Waals surface area (Å²) in [5, 5.41) is 3.44. The molecule has 5 rings (SSSR count). The second-order valence-electron chi connectivity index (χ2n) is 9.52. The fourth-order valence-electron chi connectivity index (χ4n) is 5.65. The van der Waals surface area contributed by atoms with E-state index < -0.39 is 5.92 Å². The molecular weight excluding hydrogens is 426 g/mol. The number of hydrogen-bond donors (Lipinski definition) is 1. The first kappa shape index (κ1) is 22.5. The number of carbonyl (C=O) groups excluding carboxylic acids is 2. The van der Waals surface area contributed by atoms with Crippen LogP contribution < -0.4 is 10.1 Å². The number of rotatable bonds is 5. The van der Waals surface area contributed by atoms with Crippen molar-refractivity contribution in [1.82, 2.24) is 5.32 Å². The Labute approximate surface area is 200 Å². The van der Waals surface area contributed by atoms with Crippen molar-refractivity contribution < 1.29 is 19.1 Å². The molecule has 3 aliphatic rings. The molecule has 2 atom stereocenters. The molecule has 1 heterocycles. The number of ether oxygens (including phenoxy) is 2. The van der Waals surface area contributed by atoms with Crippen LogP contribution in [-0.4, -0.2) is 25.0 Å². The molecule has 0 saturated heterocycles. The number of methoxy groups -OCH3 is 1. The van der Waals surface area contributed by atoms with Gasteiger partial charge in [-0.25, -0.2) is 4.79 Å². The van der Waals surface area contributed by atoms with Gasteiger partial charge in [0.2, 0.25) is 0 Å². The number of ketones is 1. The molecule has 1 fully saturated rings. The van der Waals surface area contributed by atoms with Gasteiger partial charge in [0.15, 0.2) is 5.78 Å². The average Bonchev–Trinajstić information content (AvgIpc) is 3.36. The quantitative estimate of drug-likeness (QED) is 0.597. The molecule has 5 heteroatoms. The summed E-state index contributed by atoms with van der Waals surface area (Å²) in [4.78, 5) is 27.2. The van der Waals surface area contributed by atoms with Crippen molar-refractivity contribution in [3.8, 4) is 5.75 Å². The van der Waals surface area contributed by atoms with Crippen molar-refractivity contribution in [1.29, 1.82) is 0 Å². The Balaban J connectivity index is 1.56. The molecule has 0 bridgehead atoms. The van der Waals surface area contributed by atoms with Crippen LogP contribution in [0.3, 0.4) is 0 Å². The number of hydrogen-bond acceptors (Lipinski definition) is 5. The molecule has 176 valence electrons. The number of benzene rings is 2. The van der Waals surface area contributed by atoms with Crippen molar-refractivity contribution in [3.05, 3.63) is 88.3 Å². The van der Waals surface area contributed by atoms with E-state index in [9.17, 15) is 9.59 Å². The van der Waals surface area contributed by atoms with Gasteiger partial charge in [0.1, 0.15) is 11.9 Å². The summed E-state index contributed by atoms with van der Waals surface area (Å²) in [7, 11) is 1.62. The molecule has 0 unspecified atom stereocenters. The lowest BCUT2D eigenvalue weighted by atomic mass is 9.71. The predicted molar refractivity (Wildman–Crippen MR) is 130 cm³/mol. The smallest absolute Gasteiger partial charge is 0.337 e. The van der Waals surface area contributed by atoms with Crippen LogP contribution in [0.15, 0.2) is 77.1 Å². The third kappa shape index (κ3) is 4.27. The van der Waals surface area contributed by atoms with Crippen LogP contribution in [0.5, 0.6) is 5.75 Å². The molecule has 2 aliphatic carbocycles. The van der Waals surface area contributed by atoms with Crippen LogP contribution in [0, 0.1) is 0 Å². The molecule has 5 nitrogen and oxygen atoms in total. The highest BCUT2D eigenvalue weighted by molar-refractivity contribution is 6.04. The lowest BCUT2D eigenvalue weighted by molar-refractivity contribution is -0.144. The first-order valence-corrected chi connectivity index (χ1v) is 12.2. The summed E-state index contributed by atoms with van der Waals surface area (Å²) >= 11 is 0. The Bertz CT molecular complexity index is 1160. The van der Waals surface area contributed by atoms with Gasteiger partial charge in [-0.1, -0.05) is 42.5 Å². The molecular formula is C29H31NO4. The molecule has 0 radical (unpaired) electrons. The second-order valence-corrected chi connectivity index (χ2v) is 9.52. The monoisotopic (exact) mass is 457 g/mol. The van der Waals surface area contributed by atoms with E-state index >= 15 is 0 Å². The molecule has 1 saturated carbocycles. The van der Waals surface area contributed by atoms with Crippen molar-refractivity contribution in [2.45, 2.75) is 63.4 Å². The number of Topliss-reactive ketones (excluding diaryl/α,β-unsaturated/α-hetero) is 1. The third-order valence-corrected chi connectivity index (χ3v) is 7.32. The van der Waals surface area contributed by atoms with Crippen molar-refractivity contribution in [2.24, 2.45) is 0 Å². The van der Waals surface area contributed by atoms with E-state index in [0.717, 1.165) is 54.6 Å². The largest absolute Gasteiger partial charge is 0.497 e. The maximum absolute atomic E-state index is 13.7. The van der Waals surface area contributed by atoms with Gasteiger partial charge in [0.25, 0.3) is 0 Å². The normalized spacial score (nSPS) is 22.9. The molecule has 34 heavy (non-hydrogen) atoms. The van der Waals surface area contributed by atoms with Gasteiger partial charge >= 0.3 is 5.97 Å². The number of esters is 1. The number of dihydropyridines is 1. The highest BCUT2D eigenvalue weighted by Crippen LogP contribution is 2.46. The summed E-state index contributed by atoms with van der Waals surface area (Å²) in [5.41, 5.74) is 4.92. The predicted octanol–water partition coefficient (Wildman–Crippen LogP) is 5.54. The Morgan fingerprint density at radius 1 is 0.971 bits per heavy atom. The Morgan fingerprint density at radius 2 is 1.71 bits per heavy atom. The van der Waals surface area contributed by atoms with Crippen LogP contribution in [0.25, 0.3) is 0 Å². The Morgan fingerprint density at radius 3 is 2.44 bits per heavy atom. The SMILES string of the molecule is COc1cccc([C@@H]2C(C(=O)OC3CCCC3)=C(C)NC3=C2C(=O)C[C@H](c2ccccc2)C3)c1. The topological polar surface area (TPSA) is 64.6 Å². The molecule has 2 aromatic carbocycles. The first-order chi connectivity index (χ1) is 16.5. The van der Waals surface area contributed by atoms with E-state index in [0.29, 0.717) is 23.3 Å². The van der Waals surface area contributed by atoms with E-state index in [2.05, 4.69) is 17.4 Å². The molecule has 0 amide bonds. The summed E-state index contributed by atoms with van der Waals surface area (Å²) in [6.45, 7) is 1.92. The highest BCUT2D eigenvalue weighted by Gasteiger charge is 2.42. The fourth-order valence-corrected chi connectivity index (χ4v) is 5.65. The van der Waals surface area contributed by atoms with Gasteiger partial charge < -0.3 is 14.8 Å². The zero-order valence-electron chi connectivity index (χ0n) is 19.8. The molecule has 1 N–H and O–H groups in total. The van der Waals surface area contributed by atoms with Gasteiger partial charge in [-0.05, 0) is 68.2 Å². The van der Waals surface area contributed by atoms with Gasteiger partial charge in [0, 0.05) is 29.3 Å². The van der Waals surface area contributed by atoms with Gasteiger partial charge in [-0.15, -0.1) is 0 Å². The van der Waals surface area contributed by atoms with Gasteiger partial charge in [-0.3, -0.25) is 4.79 Å². The summed E-state index contributed by atoms with van der Waals surface area (Å²) in [5.74, 6) is 0.100. The number of allylic oxidation sites excluding steroid dienone is 3. The molecule has 0 spiro atoms. The average molecular weight is 458 g/mol. The Kier molecular flexibility index (Phi) is 6.27. The van der Waals surface area contributed by atoms with E-state index in [1.165, 1.54) is 0 Å². The van der Waals surface area contributed by atoms with E-state index in [1.54, 1.807) is 7.11 Å². The van der Waals surface area contributed by atoms with E-state index in [-0.39, 0.29) is 23.8 Å². The van der Waals surface area contributed by atoms with Gasteiger partial charge in [0.05, 0.1) is 12.7 Å². The summed E-state index contributed by atoms with van der Waals surface area (Å²) in [6, 6.07) is 17.9. The lowest BCUT2D eigenvalue weighted by Crippen LogP contribution is -2.36. The van der Waals surface area contributed by atoms with Crippen LogP contribution in [0.4, 0.5) is 0 Å². The fraction of sp³-hybridized carbons (Fsp3) is 0.379. The minimum atomic E-state index is -0.468. The molecule has 1 aliphatic heterocycles. The second kappa shape index (κ2) is 9.49. The minimum absolute atomic E-state index is 0.0429. The number of nitrogens with one attached hydrogen (secondary N) is 1. The molecule has 2 aromatic rings. The van der Waals surface area contributed by atoms with E-state index in [1.807, 2.05) is 49.4 Å². The van der Waals surface area contributed by atoms with Crippen LogP contribution in [0.2, 0.25) is 0 Å². The maximum atomic E-state index is 13.7. The van der Waals surface area contributed by atoms with Crippen LogP contribution >= 0.6 is 0 Å². The maximum Gasteiger partial charge on any atom is 0.337 e. The van der Waals surface area contributed by atoms with Crippen molar-refractivity contribution >= 4 is 11.8 Å². The summed E-state index contributed by atoms with van der Waals surface area (Å²) in [6.07, 6.45) is 5.09. The zero-order valence-corrected chi connectivity index (χ0v) is 19.8.